The summed E-state index contributed by atoms with van der Waals surface area (Å²) in [6.07, 6.45) is -0.198. The Balaban J connectivity index is 1.64. The van der Waals surface area contributed by atoms with Crippen molar-refractivity contribution in [3.63, 3.8) is 0 Å². The minimum absolute atomic E-state index is 0.000768. The monoisotopic (exact) mass is 487 g/mol. The summed E-state index contributed by atoms with van der Waals surface area (Å²) in [5.41, 5.74) is 0.393. The molecule has 33 heavy (non-hydrogen) atoms. The molecule has 3 aromatic rings. The van der Waals surface area contributed by atoms with Gasteiger partial charge in [-0.3, -0.25) is 19.4 Å². The molecule has 11 heteroatoms. The van der Waals surface area contributed by atoms with E-state index in [1.165, 1.54) is 6.07 Å². The fourth-order valence-corrected chi connectivity index (χ4v) is 3.90. The molecule has 0 bridgehead atoms. The SMILES string of the molecule is CCOc1ccccc1NC(=O)[C@@H]1CC(=O)Nc2nc(Nc3ccc(Cl)cc3Cl)[nH]c(=O)c21. The van der Waals surface area contributed by atoms with E-state index in [0.29, 0.717) is 33.8 Å². The number of carbonyl (C=O) groups excluding carboxylic acids is 2. The summed E-state index contributed by atoms with van der Waals surface area (Å²) in [6.45, 7) is 2.24. The smallest absolute Gasteiger partial charge is 0.258 e. The molecule has 2 heterocycles. The number of nitrogens with zero attached hydrogens (tertiary/aromatic N) is 1. The van der Waals surface area contributed by atoms with Crippen molar-refractivity contribution in [3.8, 4) is 5.75 Å². The van der Waals surface area contributed by atoms with Crippen molar-refractivity contribution in [3.05, 3.63) is 68.4 Å². The van der Waals surface area contributed by atoms with Gasteiger partial charge >= 0.3 is 0 Å². The lowest BCUT2D eigenvalue weighted by Gasteiger charge is -2.24. The molecule has 0 radical (unpaired) electrons. The summed E-state index contributed by atoms with van der Waals surface area (Å²) >= 11 is 12.1. The van der Waals surface area contributed by atoms with E-state index in [0.717, 1.165) is 0 Å². The van der Waals surface area contributed by atoms with Crippen LogP contribution in [-0.2, 0) is 9.59 Å². The van der Waals surface area contributed by atoms with Gasteiger partial charge in [0, 0.05) is 11.4 Å². The van der Waals surface area contributed by atoms with Crippen molar-refractivity contribution in [2.24, 2.45) is 0 Å². The van der Waals surface area contributed by atoms with E-state index in [1.54, 1.807) is 36.4 Å². The number of ether oxygens (including phenoxy) is 1. The number of benzene rings is 2. The Morgan fingerprint density at radius 3 is 2.73 bits per heavy atom. The summed E-state index contributed by atoms with van der Waals surface area (Å²) in [5, 5.41) is 8.96. The van der Waals surface area contributed by atoms with E-state index in [-0.39, 0.29) is 23.8 Å². The van der Waals surface area contributed by atoms with Crippen LogP contribution in [0, 0.1) is 0 Å². The first-order valence-electron chi connectivity index (χ1n) is 10.0. The highest BCUT2D eigenvalue weighted by Gasteiger charge is 2.35. The number of anilines is 4. The molecule has 4 rings (SSSR count). The molecule has 170 valence electrons. The third kappa shape index (κ3) is 4.94. The predicted molar refractivity (Wildman–Crippen MR) is 127 cm³/mol. The van der Waals surface area contributed by atoms with E-state index in [4.69, 9.17) is 27.9 Å². The third-order valence-corrected chi connectivity index (χ3v) is 5.44. The zero-order valence-corrected chi connectivity index (χ0v) is 18.9. The van der Waals surface area contributed by atoms with Gasteiger partial charge in [-0.05, 0) is 37.3 Å². The van der Waals surface area contributed by atoms with Gasteiger partial charge in [0.05, 0.1) is 34.5 Å². The molecule has 9 nitrogen and oxygen atoms in total. The number of halogens is 2. The van der Waals surface area contributed by atoms with Crippen molar-refractivity contribution in [1.29, 1.82) is 0 Å². The first-order chi connectivity index (χ1) is 15.9. The van der Waals surface area contributed by atoms with Gasteiger partial charge in [-0.2, -0.15) is 4.98 Å². The van der Waals surface area contributed by atoms with Gasteiger partial charge in [-0.25, -0.2) is 0 Å². The van der Waals surface area contributed by atoms with Crippen LogP contribution in [0.4, 0.5) is 23.1 Å². The summed E-state index contributed by atoms with van der Waals surface area (Å²) in [6, 6.07) is 11.7. The number of para-hydroxylation sites is 2. The highest BCUT2D eigenvalue weighted by Crippen LogP contribution is 2.33. The van der Waals surface area contributed by atoms with E-state index >= 15 is 0 Å². The van der Waals surface area contributed by atoms with Gasteiger partial charge in [-0.15, -0.1) is 0 Å². The van der Waals surface area contributed by atoms with E-state index in [1.807, 2.05) is 6.92 Å². The van der Waals surface area contributed by atoms with Crippen LogP contribution in [0.15, 0.2) is 47.3 Å². The Kier molecular flexibility index (Phi) is 6.52. The second-order valence-corrected chi connectivity index (χ2v) is 7.99. The van der Waals surface area contributed by atoms with Crippen LogP contribution in [0.25, 0.3) is 0 Å². The van der Waals surface area contributed by atoms with Crippen LogP contribution >= 0.6 is 23.2 Å². The maximum absolute atomic E-state index is 13.1. The topological polar surface area (TPSA) is 125 Å². The minimum atomic E-state index is -1.03. The molecule has 0 saturated heterocycles. The number of rotatable bonds is 6. The summed E-state index contributed by atoms with van der Waals surface area (Å²) in [5.74, 6) is -1.46. The molecule has 0 saturated carbocycles. The lowest BCUT2D eigenvalue weighted by Crippen LogP contribution is -2.36. The van der Waals surface area contributed by atoms with E-state index in [9.17, 15) is 14.4 Å². The standard InChI is InChI=1S/C22H19Cl2N5O4/c1-2-33-16-6-4-3-5-15(16)25-20(31)12-10-17(30)27-19-18(12)21(32)29-22(28-19)26-14-8-7-11(23)9-13(14)24/h3-9,12H,2,10H2,1H3,(H,25,31)(H3,26,27,28,29,30,32)/t12-/m1/s1. The van der Waals surface area contributed by atoms with Crippen LogP contribution < -0.4 is 26.2 Å². The van der Waals surface area contributed by atoms with Crippen LogP contribution in [0.1, 0.15) is 24.8 Å². The second kappa shape index (κ2) is 9.51. The number of hydrogen-bond acceptors (Lipinski definition) is 6. The van der Waals surface area contributed by atoms with Crippen molar-refractivity contribution in [2.45, 2.75) is 19.3 Å². The number of aromatic nitrogens is 2. The number of aromatic amines is 1. The average Bonchev–Trinajstić information content (AvgIpc) is 2.76. The molecule has 0 aliphatic carbocycles. The first kappa shape index (κ1) is 22.6. The summed E-state index contributed by atoms with van der Waals surface area (Å²) in [7, 11) is 0. The molecule has 2 amide bonds. The first-order valence-corrected chi connectivity index (χ1v) is 10.8. The Bertz CT molecular complexity index is 1290. The molecule has 1 aliphatic rings. The summed E-state index contributed by atoms with van der Waals surface area (Å²) in [4.78, 5) is 45.2. The number of hydrogen-bond donors (Lipinski definition) is 4. The van der Waals surface area contributed by atoms with Crippen molar-refractivity contribution >= 4 is 58.2 Å². The van der Waals surface area contributed by atoms with Crippen LogP contribution in [0.5, 0.6) is 5.75 Å². The second-order valence-electron chi connectivity index (χ2n) is 7.15. The number of H-pyrrole nitrogens is 1. The van der Waals surface area contributed by atoms with E-state index in [2.05, 4.69) is 25.9 Å². The van der Waals surface area contributed by atoms with Gasteiger partial charge in [0.25, 0.3) is 5.56 Å². The lowest BCUT2D eigenvalue weighted by atomic mass is 9.92. The quantitative estimate of drug-likeness (QED) is 0.411. The molecule has 0 fully saturated rings. The molecule has 2 aromatic carbocycles. The van der Waals surface area contributed by atoms with Crippen molar-refractivity contribution < 1.29 is 14.3 Å². The van der Waals surface area contributed by atoms with Crippen molar-refractivity contribution in [1.82, 2.24) is 9.97 Å². The van der Waals surface area contributed by atoms with Gasteiger partial charge < -0.3 is 20.7 Å². The molecular weight excluding hydrogens is 469 g/mol. The maximum atomic E-state index is 13.1. The largest absolute Gasteiger partial charge is 0.492 e. The van der Waals surface area contributed by atoms with Crippen LogP contribution in [-0.4, -0.2) is 28.4 Å². The van der Waals surface area contributed by atoms with Crippen LogP contribution in [0.3, 0.4) is 0 Å². The zero-order valence-electron chi connectivity index (χ0n) is 17.4. The molecule has 1 atom stereocenters. The van der Waals surface area contributed by atoms with Gasteiger partial charge in [-0.1, -0.05) is 35.3 Å². The normalized spacial score (nSPS) is 14.8. The maximum Gasteiger partial charge on any atom is 0.258 e. The number of nitrogens with one attached hydrogen (secondary N) is 4. The Morgan fingerprint density at radius 1 is 1.18 bits per heavy atom. The highest BCUT2D eigenvalue weighted by molar-refractivity contribution is 6.36. The summed E-state index contributed by atoms with van der Waals surface area (Å²) < 4.78 is 5.53. The lowest BCUT2D eigenvalue weighted by molar-refractivity contribution is -0.123. The van der Waals surface area contributed by atoms with Gasteiger partial charge in [0.1, 0.15) is 11.6 Å². The van der Waals surface area contributed by atoms with Gasteiger partial charge in [0.2, 0.25) is 17.8 Å². The third-order valence-electron chi connectivity index (χ3n) is 4.90. The van der Waals surface area contributed by atoms with Crippen molar-refractivity contribution in [2.75, 3.05) is 22.6 Å². The fraction of sp³-hybridized carbons (Fsp3) is 0.182. The van der Waals surface area contributed by atoms with E-state index < -0.39 is 23.3 Å². The fourth-order valence-electron chi connectivity index (χ4n) is 3.44. The Morgan fingerprint density at radius 2 is 1.97 bits per heavy atom. The predicted octanol–water partition coefficient (Wildman–Crippen LogP) is 4.28. The molecular formula is C22H19Cl2N5O4. The minimum Gasteiger partial charge on any atom is -0.492 e. The number of amides is 2. The molecule has 1 aromatic heterocycles. The Hall–Kier alpha value is -3.56. The molecule has 0 unspecified atom stereocenters. The Labute approximate surface area is 198 Å². The van der Waals surface area contributed by atoms with Gasteiger partial charge in [0.15, 0.2) is 0 Å². The zero-order chi connectivity index (χ0) is 23.5. The average molecular weight is 488 g/mol. The highest BCUT2D eigenvalue weighted by atomic mass is 35.5. The van der Waals surface area contributed by atoms with Crippen LogP contribution in [0.2, 0.25) is 10.0 Å². The number of fused-ring (bicyclic) bond motifs is 1. The molecule has 1 aliphatic heterocycles. The molecule has 4 N–H and O–H groups in total. The molecule has 0 spiro atoms. The number of carbonyl (C=O) groups is 2.